The van der Waals surface area contributed by atoms with Crippen molar-refractivity contribution in [2.24, 2.45) is 0 Å². The van der Waals surface area contributed by atoms with E-state index in [1.807, 2.05) is 114 Å². The second kappa shape index (κ2) is 17.3. The van der Waals surface area contributed by atoms with E-state index in [1.165, 1.54) is 5.56 Å². The maximum Gasteiger partial charge on any atom is 0.230 e. The average Bonchev–Trinajstić information content (AvgIpc) is 3.17. The number of rotatable bonds is 11. The Kier molecular flexibility index (Phi) is 12.8. The van der Waals surface area contributed by atoms with Crippen LogP contribution in [-0.2, 0) is 15.7 Å². The van der Waals surface area contributed by atoms with E-state index in [4.69, 9.17) is 4.74 Å². The van der Waals surface area contributed by atoms with E-state index >= 15 is 0 Å². The minimum atomic E-state index is -3.44. The standard InChI is InChI=1S/C23H30N2O2.C22H21O2P/c1-4-23(24(2)3,18-19-8-6-5-7-9-19)22(26)20-10-12-21(13-11-20)25-14-16-27-17-15-25;1-16-14-17(2)21(18(3)15-16)22(23)25(24,19-10-6-4-7-11-19)20-12-8-5-9-13-20/h5-13H,4,14-18H2,1-3H3;4-15H,1-3H3. The molecule has 0 saturated carbocycles. The van der Waals surface area contributed by atoms with Crippen LogP contribution in [0.1, 0.15) is 56.3 Å². The summed E-state index contributed by atoms with van der Waals surface area (Å²) in [7, 11) is 0.568. The molecule has 0 aliphatic carbocycles. The number of aryl methyl sites for hydroxylation is 3. The van der Waals surface area contributed by atoms with Gasteiger partial charge in [-0.15, -0.1) is 0 Å². The summed E-state index contributed by atoms with van der Waals surface area (Å²) in [4.78, 5) is 31.5. The summed E-state index contributed by atoms with van der Waals surface area (Å²) in [6.07, 6.45) is 1.47. The lowest BCUT2D eigenvalue weighted by atomic mass is 9.80. The molecule has 6 nitrogen and oxygen atoms in total. The molecule has 52 heavy (non-hydrogen) atoms. The van der Waals surface area contributed by atoms with Crippen LogP contribution >= 0.6 is 7.14 Å². The lowest BCUT2D eigenvalue weighted by Gasteiger charge is -2.38. The maximum atomic E-state index is 14.2. The fourth-order valence-corrected chi connectivity index (χ4v) is 9.84. The second-order valence-corrected chi connectivity index (χ2v) is 16.4. The molecule has 1 saturated heterocycles. The van der Waals surface area contributed by atoms with Crippen molar-refractivity contribution < 1.29 is 18.9 Å². The van der Waals surface area contributed by atoms with E-state index in [2.05, 4.69) is 41.0 Å². The van der Waals surface area contributed by atoms with E-state index in [0.29, 0.717) is 22.6 Å². The van der Waals surface area contributed by atoms with E-state index in [0.717, 1.165) is 60.7 Å². The monoisotopic (exact) mass is 714 g/mol. The van der Waals surface area contributed by atoms with Crippen LogP contribution < -0.4 is 15.5 Å². The number of hydrogen-bond acceptors (Lipinski definition) is 6. The van der Waals surface area contributed by atoms with Crippen LogP contribution in [0.5, 0.6) is 0 Å². The van der Waals surface area contributed by atoms with Crippen LogP contribution in [0.4, 0.5) is 5.69 Å². The predicted octanol–water partition coefficient (Wildman–Crippen LogP) is 8.43. The number of anilines is 1. The van der Waals surface area contributed by atoms with Crippen LogP contribution in [0.25, 0.3) is 0 Å². The number of nitrogens with zero attached hydrogens (tertiary/aromatic N) is 2. The molecule has 1 atom stereocenters. The number of benzene rings is 5. The smallest absolute Gasteiger partial charge is 0.230 e. The van der Waals surface area contributed by atoms with E-state index < -0.39 is 12.7 Å². The zero-order valence-corrected chi connectivity index (χ0v) is 32.2. The summed E-state index contributed by atoms with van der Waals surface area (Å²) in [6, 6.07) is 40.5. The fraction of sp³-hybridized carbons (Fsp3) is 0.289. The van der Waals surface area contributed by atoms with Gasteiger partial charge in [0.15, 0.2) is 5.78 Å². The molecule has 0 radical (unpaired) electrons. The Hall–Kier alpha value is -4.61. The summed E-state index contributed by atoms with van der Waals surface area (Å²) in [5, 5.41) is 1.15. The van der Waals surface area contributed by atoms with Gasteiger partial charge in [0.25, 0.3) is 0 Å². The van der Waals surface area contributed by atoms with Crippen molar-refractivity contribution in [1.82, 2.24) is 4.90 Å². The summed E-state index contributed by atoms with van der Waals surface area (Å²) >= 11 is 0. The molecule has 0 N–H and O–H groups in total. The molecule has 0 aromatic heterocycles. The summed E-state index contributed by atoms with van der Waals surface area (Å²) < 4.78 is 19.6. The van der Waals surface area contributed by atoms with Crippen LogP contribution in [0.15, 0.2) is 127 Å². The number of carbonyl (C=O) groups excluding carboxylic acids is 2. The van der Waals surface area contributed by atoms with Crippen molar-refractivity contribution in [3.8, 4) is 0 Å². The molecule has 1 unspecified atom stereocenters. The third kappa shape index (κ3) is 8.37. The molecular weight excluding hydrogens is 663 g/mol. The first-order chi connectivity index (χ1) is 25.0. The van der Waals surface area contributed by atoms with Gasteiger partial charge in [-0.25, -0.2) is 0 Å². The molecule has 1 aliphatic heterocycles. The first kappa shape index (κ1) is 38.6. The Balaban J connectivity index is 0.000000202. The average molecular weight is 715 g/mol. The van der Waals surface area contributed by atoms with Gasteiger partial charge in [-0.3, -0.25) is 14.5 Å². The number of morpholine rings is 1. The molecular formula is C45H51N2O4P. The topological polar surface area (TPSA) is 66.9 Å². The van der Waals surface area contributed by atoms with Crippen molar-refractivity contribution >= 4 is 34.7 Å². The molecule has 7 heteroatoms. The number of hydrogen-bond donors (Lipinski definition) is 0. The molecule has 0 bridgehead atoms. The highest BCUT2D eigenvalue weighted by molar-refractivity contribution is 7.93. The number of likely N-dealkylation sites (N-methyl/N-ethyl adjacent to an activating group) is 1. The molecule has 0 spiro atoms. The molecule has 1 aliphatic rings. The number of ether oxygens (including phenoxy) is 1. The van der Waals surface area contributed by atoms with Gasteiger partial charge < -0.3 is 14.2 Å². The van der Waals surface area contributed by atoms with Gasteiger partial charge in [-0.05, 0) is 88.7 Å². The molecule has 0 amide bonds. The summed E-state index contributed by atoms with van der Waals surface area (Å²) in [5.74, 6) is 0.187. The van der Waals surface area contributed by atoms with Gasteiger partial charge in [0, 0.05) is 40.5 Å². The fourth-order valence-electron chi connectivity index (χ4n) is 7.22. The highest BCUT2D eigenvalue weighted by atomic mass is 31.2. The van der Waals surface area contributed by atoms with Crippen molar-refractivity contribution in [3.63, 3.8) is 0 Å². The molecule has 270 valence electrons. The van der Waals surface area contributed by atoms with E-state index in [-0.39, 0.29) is 11.3 Å². The third-order valence-corrected chi connectivity index (χ3v) is 13.0. The highest BCUT2D eigenvalue weighted by Gasteiger charge is 2.40. The van der Waals surface area contributed by atoms with Crippen LogP contribution in [0.3, 0.4) is 0 Å². The number of Topliss-reactive ketones (excluding diaryl/α,β-unsaturated/α-hetero) is 1. The molecule has 6 rings (SSSR count). The largest absolute Gasteiger partial charge is 0.378 e. The zero-order valence-electron chi connectivity index (χ0n) is 31.3. The first-order valence-electron chi connectivity index (χ1n) is 18.0. The van der Waals surface area contributed by atoms with Gasteiger partial charge in [-0.2, -0.15) is 0 Å². The van der Waals surface area contributed by atoms with Gasteiger partial charge in [0.2, 0.25) is 12.7 Å². The molecule has 5 aromatic carbocycles. The zero-order chi connectivity index (χ0) is 37.3. The minimum Gasteiger partial charge on any atom is -0.378 e. The Bertz CT molecular complexity index is 1920. The van der Waals surface area contributed by atoms with Crippen molar-refractivity contribution in [1.29, 1.82) is 0 Å². The van der Waals surface area contributed by atoms with E-state index in [1.54, 1.807) is 24.3 Å². The predicted molar refractivity (Wildman–Crippen MR) is 215 cm³/mol. The van der Waals surface area contributed by atoms with Crippen molar-refractivity contribution in [2.45, 2.75) is 46.1 Å². The van der Waals surface area contributed by atoms with Gasteiger partial charge in [-0.1, -0.05) is 116 Å². The number of ketones is 1. The van der Waals surface area contributed by atoms with Crippen molar-refractivity contribution in [2.75, 3.05) is 45.3 Å². The Morgan fingerprint density at radius 3 is 1.67 bits per heavy atom. The SMILES string of the molecule is CCC(Cc1ccccc1)(C(=O)c1ccc(N2CCOCC2)cc1)N(C)C.Cc1cc(C)c(C(=O)P(=O)(c2ccccc2)c2ccccc2)c(C)c1. The van der Waals surface area contributed by atoms with Gasteiger partial charge >= 0.3 is 0 Å². The summed E-state index contributed by atoms with van der Waals surface area (Å²) in [6.45, 7) is 11.2. The van der Waals surface area contributed by atoms with Gasteiger partial charge in [0.05, 0.1) is 18.8 Å². The number of carbonyl (C=O) groups is 2. The molecule has 1 fully saturated rings. The van der Waals surface area contributed by atoms with Crippen molar-refractivity contribution in [3.05, 3.63) is 161 Å². The van der Waals surface area contributed by atoms with Crippen LogP contribution in [0, 0.1) is 20.8 Å². The molecule has 1 heterocycles. The van der Waals surface area contributed by atoms with E-state index in [9.17, 15) is 14.2 Å². The normalized spacial score (nSPS) is 14.2. The van der Waals surface area contributed by atoms with Gasteiger partial charge in [0.1, 0.15) is 0 Å². The molecule has 5 aromatic rings. The Morgan fingerprint density at radius 1 is 0.731 bits per heavy atom. The highest BCUT2D eigenvalue weighted by Crippen LogP contribution is 2.48. The maximum absolute atomic E-state index is 14.2. The third-order valence-electron chi connectivity index (χ3n) is 10.1. The first-order valence-corrected chi connectivity index (χ1v) is 19.7. The second-order valence-electron chi connectivity index (χ2n) is 13.8. The quantitative estimate of drug-likeness (QED) is 0.101. The lowest BCUT2D eigenvalue weighted by Crippen LogP contribution is -2.52. The summed E-state index contributed by atoms with van der Waals surface area (Å²) in [5.41, 5.74) is 5.70. The minimum absolute atomic E-state index is 0.187. The van der Waals surface area contributed by atoms with Crippen LogP contribution in [-0.4, -0.2) is 62.1 Å². The Morgan fingerprint density at radius 2 is 1.21 bits per heavy atom. The lowest BCUT2D eigenvalue weighted by molar-refractivity contribution is 0.0666. The van der Waals surface area contributed by atoms with Crippen LogP contribution in [0.2, 0.25) is 0 Å². The Labute approximate surface area is 309 Å².